The van der Waals surface area contributed by atoms with Gasteiger partial charge in [0.15, 0.2) is 0 Å². The number of aromatic carboxylic acids is 1. The topological polar surface area (TPSA) is 83.5 Å². The van der Waals surface area contributed by atoms with E-state index in [9.17, 15) is 13.2 Å². The van der Waals surface area contributed by atoms with Gasteiger partial charge in [0.2, 0.25) is 10.0 Å². The third kappa shape index (κ3) is 3.82. The van der Waals surface area contributed by atoms with Crippen LogP contribution in [-0.2, 0) is 16.6 Å². The van der Waals surface area contributed by atoms with E-state index in [2.05, 4.69) is 4.72 Å². The summed E-state index contributed by atoms with van der Waals surface area (Å²) in [6, 6.07) is 7.32. The first-order valence-electron chi connectivity index (χ1n) is 5.87. The van der Waals surface area contributed by atoms with Crippen molar-refractivity contribution >= 4 is 38.9 Å². The van der Waals surface area contributed by atoms with Crippen LogP contribution < -0.4 is 4.72 Å². The predicted molar refractivity (Wildman–Crippen MR) is 81.5 cm³/mol. The lowest BCUT2D eigenvalue weighted by Crippen LogP contribution is -2.23. The molecule has 0 unspecified atom stereocenters. The second-order valence-electron chi connectivity index (χ2n) is 4.28. The quantitative estimate of drug-likeness (QED) is 0.872. The summed E-state index contributed by atoms with van der Waals surface area (Å²) in [6.07, 6.45) is 0. The fourth-order valence-corrected chi connectivity index (χ4v) is 3.82. The molecule has 0 bridgehead atoms. The number of benzene rings is 1. The normalized spacial score (nSPS) is 11.5. The van der Waals surface area contributed by atoms with Crippen LogP contribution in [0.1, 0.15) is 20.1 Å². The molecule has 0 spiro atoms. The SMILES string of the molecule is Cc1ccc(CNS(=O)(=O)c2ccc(Cl)c(C(=O)O)c2)s1. The molecule has 0 aliphatic heterocycles. The zero-order valence-corrected chi connectivity index (χ0v) is 13.3. The molecule has 1 heterocycles. The molecule has 21 heavy (non-hydrogen) atoms. The van der Waals surface area contributed by atoms with Crippen molar-refractivity contribution in [2.24, 2.45) is 0 Å². The second kappa shape index (κ2) is 6.15. The Bertz CT molecular complexity index is 783. The molecule has 2 N–H and O–H groups in total. The number of halogens is 1. The fourth-order valence-electron chi connectivity index (χ4n) is 1.67. The minimum atomic E-state index is -3.79. The van der Waals surface area contributed by atoms with Crippen LogP contribution in [0.25, 0.3) is 0 Å². The highest BCUT2D eigenvalue weighted by Gasteiger charge is 2.18. The molecule has 0 saturated carbocycles. The fraction of sp³-hybridized carbons (Fsp3) is 0.154. The van der Waals surface area contributed by atoms with Crippen molar-refractivity contribution < 1.29 is 18.3 Å². The number of sulfonamides is 1. The second-order valence-corrected chi connectivity index (χ2v) is 7.83. The van der Waals surface area contributed by atoms with E-state index in [0.717, 1.165) is 15.8 Å². The number of carboxylic acid groups (broad SMARTS) is 1. The Morgan fingerprint density at radius 3 is 2.62 bits per heavy atom. The first kappa shape index (κ1) is 16.0. The van der Waals surface area contributed by atoms with E-state index < -0.39 is 16.0 Å². The van der Waals surface area contributed by atoms with Gasteiger partial charge < -0.3 is 5.11 Å². The van der Waals surface area contributed by atoms with Gasteiger partial charge in [-0.3, -0.25) is 0 Å². The number of hydrogen-bond acceptors (Lipinski definition) is 4. The van der Waals surface area contributed by atoms with Crippen molar-refractivity contribution in [3.63, 3.8) is 0 Å². The number of rotatable bonds is 5. The average molecular weight is 346 g/mol. The Morgan fingerprint density at radius 2 is 2.05 bits per heavy atom. The summed E-state index contributed by atoms with van der Waals surface area (Å²) < 4.78 is 26.7. The van der Waals surface area contributed by atoms with Crippen molar-refractivity contribution in [3.8, 4) is 0 Å². The number of aryl methyl sites for hydroxylation is 1. The van der Waals surface area contributed by atoms with Crippen LogP contribution in [0.4, 0.5) is 0 Å². The lowest BCUT2D eigenvalue weighted by Gasteiger charge is -2.07. The Balaban J connectivity index is 2.23. The van der Waals surface area contributed by atoms with Crippen LogP contribution in [0.2, 0.25) is 5.02 Å². The molecule has 0 fully saturated rings. The van der Waals surface area contributed by atoms with Gasteiger partial charge in [0.05, 0.1) is 15.5 Å². The minimum Gasteiger partial charge on any atom is -0.478 e. The summed E-state index contributed by atoms with van der Waals surface area (Å²) in [5.74, 6) is -1.27. The molecule has 1 aromatic carbocycles. The molecule has 8 heteroatoms. The largest absolute Gasteiger partial charge is 0.478 e. The molecule has 0 aliphatic carbocycles. The summed E-state index contributed by atoms with van der Waals surface area (Å²) in [5.41, 5.74) is -0.244. The van der Waals surface area contributed by atoms with Crippen LogP contribution >= 0.6 is 22.9 Å². The first-order chi connectivity index (χ1) is 9.79. The third-order valence-electron chi connectivity index (χ3n) is 2.71. The van der Waals surface area contributed by atoms with E-state index in [1.54, 1.807) is 0 Å². The number of thiophene rings is 1. The predicted octanol–water partition coefficient (Wildman–Crippen LogP) is 2.89. The molecular formula is C13H12ClNO4S2. The van der Waals surface area contributed by atoms with Gasteiger partial charge in [-0.15, -0.1) is 11.3 Å². The van der Waals surface area contributed by atoms with E-state index in [1.807, 2.05) is 19.1 Å². The molecule has 0 aliphatic rings. The zero-order chi connectivity index (χ0) is 15.6. The summed E-state index contributed by atoms with van der Waals surface area (Å²) >= 11 is 7.21. The highest BCUT2D eigenvalue weighted by molar-refractivity contribution is 7.89. The van der Waals surface area contributed by atoms with Crippen LogP contribution in [0.5, 0.6) is 0 Å². The summed E-state index contributed by atoms with van der Waals surface area (Å²) in [6.45, 7) is 2.09. The monoisotopic (exact) mass is 345 g/mol. The van der Waals surface area contributed by atoms with E-state index in [-0.39, 0.29) is 22.0 Å². The van der Waals surface area contributed by atoms with Gasteiger partial charge in [-0.1, -0.05) is 11.6 Å². The maximum atomic E-state index is 12.2. The Morgan fingerprint density at radius 1 is 1.33 bits per heavy atom. The molecule has 2 rings (SSSR count). The van der Waals surface area contributed by atoms with E-state index in [1.165, 1.54) is 23.5 Å². The third-order valence-corrected chi connectivity index (χ3v) is 5.44. The van der Waals surface area contributed by atoms with Gasteiger partial charge in [-0.2, -0.15) is 0 Å². The molecule has 112 valence electrons. The number of hydrogen-bond donors (Lipinski definition) is 2. The average Bonchev–Trinajstić information content (AvgIpc) is 2.82. The molecule has 0 radical (unpaired) electrons. The van der Waals surface area contributed by atoms with Crippen molar-refractivity contribution in [3.05, 3.63) is 50.7 Å². The Labute approximate surface area is 131 Å². The Kier molecular flexibility index (Phi) is 4.67. The van der Waals surface area contributed by atoms with Gasteiger partial charge in [0.25, 0.3) is 0 Å². The number of carbonyl (C=O) groups is 1. The maximum absolute atomic E-state index is 12.2. The summed E-state index contributed by atoms with van der Waals surface area (Å²) in [7, 11) is -3.79. The van der Waals surface area contributed by atoms with Crippen LogP contribution in [-0.4, -0.2) is 19.5 Å². The van der Waals surface area contributed by atoms with Crippen molar-refractivity contribution in [1.82, 2.24) is 4.72 Å². The van der Waals surface area contributed by atoms with Gasteiger partial charge in [-0.05, 0) is 37.3 Å². The molecule has 2 aromatic rings. The van der Waals surface area contributed by atoms with Crippen LogP contribution in [0, 0.1) is 6.92 Å². The molecule has 1 aromatic heterocycles. The number of nitrogens with one attached hydrogen (secondary N) is 1. The molecule has 0 atom stereocenters. The van der Waals surface area contributed by atoms with E-state index >= 15 is 0 Å². The minimum absolute atomic E-state index is 0.00432. The Hall–Kier alpha value is -1.41. The molecule has 0 amide bonds. The highest BCUT2D eigenvalue weighted by atomic mass is 35.5. The maximum Gasteiger partial charge on any atom is 0.337 e. The number of carboxylic acids is 1. The van der Waals surface area contributed by atoms with E-state index in [0.29, 0.717) is 0 Å². The van der Waals surface area contributed by atoms with Crippen molar-refractivity contribution in [2.75, 3.05) is 0 Å². The van der Waals surface area contributed by atoms with Gasteiger partial charge in [-0.25, -0.2) is 17.9 Å². The lowest BCUT2D eigenvalue weighted by atomic mass is 10.2. The standard InChI is InChI=1S/C13H12ClNO4S2/c1-8-2-3-9(20-8)7-15-21(18,19)10-4-5-12(14)11(6-10)13(16)17/h2-6,15H,7H2,1H3,(H,16,17). The van der Waals surface area contributed by atoms with Crippen molar-refractivity contribution in [1.29, 1.82) is 0 Å². The summed E-state index contributed by atoms with van der Waals surface area (Å²) in [4.78, 5) is 12.8. The van der Waals surface area contributed by atoms with Crippen LogP contribution in [0.3, 0.4) is 0 Å². The van der Waals surface area contributed by atoms with E-state index in [4.69, 9.17) is 16.7 Å². The molecule has 0 saturated heterocycles. The van der Waals surface area contributed by atoms with Gasteiger partial charge >= 0.3 is 5.97 Å². The zero-order valence-electron chi connectivity index (χ0n) is 11.0. The van der Waals surface area contributed by atoms with Crippen molar-refractivity contribution in [2.45, 2.75) is 18.4 Å². The molecule has 5 nitrogen and oxygen atoms in total. The first-order valence-corrected chi connectivity index (χ1v) is 8.55. The van der Waals surface area contributed by atoms with Crippen LogP contribution in [0.15, 0.2) is 35.2 Å². The highest BCUT2D eigenvalue weighted by Crippen LogP contribution is 2.21. The summed E-state index contributed by atoms with van der Waals surface area (Å²) in [5, 5.41) is 8.96. The van der Waals surface area contributed by atoms with Gasteiger partial charge in [0.1, 0.15) is 0 Å². The lowest BCUT2D eigenvalue weighted by molar-refractivity contribution is 0.0697. The van der Waals surface area contributed by atoms with Gasteiger partial charge in [0, 0.05) is 16.3 Å². The smallest absolute Gasteiger partial charge is 0.337 e. The molecular weight excluding hydrogens is 334 g/mol.